The van der Waals surface area contributed by atoms with Gasteiger partial charge in [0.25, 0.3) is 5.91 Å². The van der Waals surface area contributed by atoms with Gasteiger partial charge < -0.3 is 30.1 Å². The zero-order valence-electron chi connectivity index (χ0n) is 26.2. The third kappa shape index (κ3) is 6.16. The van der Waals surface area contributed by atoms with Crippen molar-refractivity contribution >= 4 is 35.0 Å². The normalized spacial score (nSPS) is 24.5. The third-order valence-corrected chi connectivity index (χ3v) is 10.00. The molecule has 2 saturated carbocycles. The minimum Gasteiger partial charge on any atom is -0.495 e. The molecule has 10 nitrogen and oxygen atoms in total. The summed E-state index contributed by atoms with van der Waals surface area (Å²) in [6, 6.07) is 6.67. The Morgan fingerprint density at radius 1 is 1.00 bits per heavy atom. The lowest BCUT2D eigenvalue weighted by Gasteiger charge is -2.34. The number of hydrogen-bond acceptors (Lipinski definition) is 8. The number of fused-ring (bicyclic) bond motifs is 1. The lowest BCUT2D eigenvalue weighted by molar-refractivity contribution is -0.125. The molecule has 1 saturated heterocycles. The van der Waals surface area contributed by atoms with Crippen molar-refractivity contribution in [2.75, 3.05) is 48.9 Å². The Morgan fingerprint density at radius 3 is 2.42 bits per heavy atom. The van der Waals surface area contributed by atoms with Crippen molar-refractivity contribution in [3.8, 4) is 5.75 Å². The summed E-state index contributed by atoms with van der Waals surface area (Å²) in [6.07, 6.45) is 13.3. The highest BCUT2D eigenvalue weighted by Gasteiger charge is 2.41. The lowest BCUT2D eigenvalue weighted by Crippen LogP contribution is -2.45. The average molecular weight is 590 g/mol. The molecule has 3 fully saturated rings. The van der Waals surface area contributed by atoms with Gasteiger partial charge in [0, 0.05) is 37.3 Å². The molecule has 4 aliphatic rings. The van der Waals surface area contributed by atoms with Crippen molar-refractivity contribution in [1.29, 1.82) is 0 Å². The van der Waals surface area contributed by atoms with Gasteiger partial charge in [-0.15, -0.1) is 0 Å². The number of benzene rings is 1. The Morgan fingerprint density at radius 2 is 1.72 bits per heavy atom. The van der Waals surface area contributed by atoms with E-state index in [2.05, 4.69) is 25.4 Å². The Kier molecular flexibility index (Phi) is 8.49. The molecule has 1 aromatic carbocycles. The average Bonchev–Trinajstić information content (AvgIpc) is 3.74. The second-order valence-corrected chi connectivity index (χ2v) is 13.5. The first-order chi connectivity index (χ1) is 20.7. The molecule has 2 N–H and O–H groups in total. The first-order valence-electron chi connectivity index (χ1n) is 16.2. The van der Waals surface area contributed by atoms with Crippen molar-refractivity contribution in [2.45, 2.75) is 96.2 Å². The third-order valence-electron chi connectivity index (χ3n) is 10.00. The number of aromatic nitrogens is 2. The van der Waals surface area contributed by atoms with Crippen LogP contribution in [-0.2, 0) is 4.79 Å². The maximum Gasteiger partial charge on any atom is 0.251 e. The zero-order chi connectivity index (χ0) is 30.1. The first-order valence-corrected chi connectivity index (χ1v) is 16.2. The van der Waals surface area contributed by atoms with Crippen LogP contribution >= 0.6 is 0 Å². The fourth-order valence-corrected chi connectivity index (χ4v) is 7.54. The number of nitrogens with one attached hydrogen (secondary N) is 2. The quantitative estimate of drug-likeness (QED) is 0.459. The van der Waals surface area contributed by atoms with Gasteiger partial charge in [0.1, 0.15) is 11.4 Å². The van der Waals surface area contributed by atoms with Crippen molar-refractivity contribution in [3.05, 3.63) is 30.0 Å². The second-order valence-electron chi connectivity index (χ2n) is 13.5. The predicted molar refractivity (Wildman–Crippen MR) is 169 cm³/mol. The number of likely N-dealkylation sites (tertiary alicyclic amines) is 1. The highest BCUT2D eigenvalue weighted by atomic mass is 16.5. The minimum atomic E-state index is -0.543. The van der Waals surface area contributed by atoms with E-state index < -0.39 is 5.41 Å². The van der Waals surface area contributed by atoms with Crippen molar-refractivity contribution < 1.29 is 14.3 Å². The van der Waals surface area contributed by atoms with Gasteiger partial charge in [-0.3, -0.25) is 9.59 Å². The van der Waals surface area contributed by atoms with E-state index in [0.717, 1.165) is 50.0 Å². The summed E-state index contributed by atoms with van der Waals surface area (Å²) in [7, 11) is 3.41. The van der Waals surface area contributed by atoms with Crippen LogP contribution in [0.5, 0.6) is 5.75 Å². The van der Waals surface area contributed by atoms with Crippen LogP contribution in [0.1, 0.15) is 88.4 Å². The van der Waals surface area contributed by atoms with Crippen LogP contribution in [0.4, 0.5) is 23.1 Å². The van der Waals surface area contributed by atoms with Crippen LogP contribution in [0.15, 0.2) is 24.4 Å². The molecular weight excluding hydrogens is 542 g/mol. The van der Waals surface area contributed by atoms with E-state index in [0.29, 0.717) is 41.6 Å². The van der Waals surface area contributed by atoms with Gasteiger partial charge in [0.05, 0.1) is 24.4 Å². The van der Waals surface area contributed by atoms with Crippen molar-refractivity contribution in [1.82, 2.24) is 20.2 Å². The molecule has 0 unspecified atom stereocenters. The maximum absolute atomic E-state index is 13.3. The van der Waals surface area contributed by atoms with Gasteiger partial charge in [-0.2, -0.15) is 4.98 Å². The van der Waals surface area contributed by atoms with E-state index in [1.54, 1.807) is 24.3 Å². The molecule has 2 aliphatic carbocycles. The summed E-state index contributed by atoms with van der Waals surface area (Å²) in [6.45, 7) is 7.08. The molecule has 0 spiro atoms. The smallest absolute Gasteiger partial charge is 0.251 e. The van der Waals surface area contributed by atoms with Crippen LogP contribution in [0.25, 0.3) is 0 Å². The van der Waals surface area contributed by atoms with E-state index in [9.17, 15) is 9.59 Å². The minimum absolute atomic E-state index is 0.0636. The van der Waals surface area contributed by atoms with E-state index in [4.69, 9.17) is 9.72 Å². The Bertz CT molecular complexity index is 1330. The van der Waals surface area contributed by atoms with Gasteiger partial charge in [-0.25, -0.2) is 4.98 Å². The number of methoxy groups -OCH3 is 1. The Balaban J connectivity index is 1.17. The molecule has 2 aliphatic heterocycles. The SMILES string of the molecule is COc1cc(C(=O)N[C@H]2CC[C@@H](N3CCCC3)CC2)ccc1Nc1ncc2c(n1)N(C1CCCC1)CC(C)(C)C(=O)N2C. The zero-order valence-corrected chi connectivity index (χ0v) is 26.2. The molecule has 1 aromatic heterocycles. The predicted octanol–water partition coefficient (Wildman–Crippen LogP) is 5.12. The van der Waals surface area contributed by atoms with Crippen LogP contribution in [0.3, 0.4) is 0 Å². The van der Waals surface area contributed by atoms with Crippen LogP contribution in [-0.4, -0.2) is 78.6 Å². The molecule has 2 amide bonds. The Hall–Kier alpha value is -3.40. The number of nitrogens with zero attached hydrogens (tertiary/aromatic N) is 5. The summed E-state index contributed by atoms with van der Waals surface area (Å²) < 4.78 is 5.70. The summed E-state index contributed by atoms with van der Waals surface area (Å²) in [5.74, 6) is 1.74. The fourth-order valence-electron chi connectivity index (χ4n) is 7.54. The lowest BCUT2D eigenvalue weighted by atomic mass is 9.90. The molecule has 0 bridgehead atoms. The molecule has 0 radical (unpaired) electrons. The number of amides is 2. The van der Waals surface area contributed by atoms with Gasteiger partial charge in [-0.1, -0.05) is 12.8 Å². The van der Waals surface area contributed by atoms with Gasteiger partial charge in [0.15, 0.2) is 5.82 Å². The molecule has 43 heavy (non-hydrogen) atoms. The number of carbonyl (C=O) groups is 2. The Labute approximate surface area is 255 Å². The monoisotopic (exact) mass is 589 g/mol. The summed E-state index contributed by atoms with van der Waals surface area (Å²) in [5.41, 5.74) is 1.43. The van der Waals surface area contributed by atoms with E-state index in [-0.39, 0.29) is 17.9 Å². The van der Waals surface area contributed by atoms with Crippen LogP contribution in [0.2, 0.25) is 0 Å². The largest absolute Gasteiger partial charge is 0.495 e. The van der Waals surface area contributed by atoms with Crippen LogP contribution in [0, 0.1) is 5.41 Å². The molecule has 2 aromatic rings. The second kappa shape index (κ2) is 12.3. The van der Waals surface area contributed by atoms with Crippen molar-refractivity contribution in [3.63, 3.8) is 0 Å². The summed E-state index contributed by atoms with van der Waals surface area (Å²) in [4.78, 5) is 42.7. The highest BCUT2D eigenvalue weighted by molar-refractivity contribution is 6.01. The molecule has 10 heteroatoms. The van der Waals surface area contributed by atoms with Crippen LogP contribution < -0.4 is 25.2 Å². The molecule has 6 rings (SSSR count). The van der Waals surface area contributed by atoms with Crippen molar-refractivity contribution in [2.24, 2.45) is 5.41 Å². The number of carbonyl (C=O) groups excluding carboxylic acids is 2. The number of ether oxygens (including phenoxy) is 1. The standard InChI is InChI=1S/C33H47N7O3/c1-33(2)21-40(25-9-5-6-10-25)29-27(38(3)31(33)42)20-34-32(37-29)36-26-16-11-22(19-28(26)43-4)30(41)35-23-12-14-24(15-13-23)39-17-7-8-18-39/h11,16,19-20,23-25H,5-10,12-15,17-18,21H2,1-4H3,(H,35,41)(H,34,36,37)/t23-,24+. The van der Waals surface area contributed by atoms with E-state index in [1.807, 2.05) is 33.0 Å². The highest BCUT2D eigenvalue weighted by Crippen LogP contribution is 2.40. The fraction of sp³-hybridized carbons (Fsp3) is 0.636. The van der Waals surface area contributed by atoms with E-state index >= 15 is 0 Å². The van der Waals surface area contributed by atoms with Gasteiger partial charge >= 0.3 is 0 Å². The summed E-state index contributed by atoms with van der Waals surface area (Å²) >= 11 is 0. The van der Waals surface area contributed by atoms with Gasteiger partial charge in [-0.05, 0) is 96.5 Å². The maximum atomic E-state index is 13.3. The molecule has 0 atom stereocenters. The topological polar surface area (TPSA) is 103 Å². The van der Waals surface area contributed by atoms with Gasteiger partial charge in [0.2, 0.25) is 11.9 Å². The number of anilines is 4. The molecule has 232 valence electrons. The first kappa shape index (κ1) is 29.7. The summed E-state index contributed by atoms with van der Waals surface area (Å²) in [5, 5.41) is 6.57. The van der Waals surface area contributed by atoms with E-state index in [1.165, 1.54) is 38.8 Å². The number of hydrogen-bond donors (Lipinski definition) is 2. The molecule has 3 heterocycles. The molecular formula is C33H47N7O3. The number of rotatable bonds is 7.